The number of thiophene rings is 1. The molecular formula is C12H9ClN2O2S3. The fourth-order valence-electron chi connectivity index (χ4n) is 1.73. The zero-order chi connectivity index (χ0) is 14.3. The van der Waals surface area contributed by atoms with Crippen molar-refractivity contribution in [3.05, 3.63) is 40.2 Å². The number of rotatable bonds is 3. The van der Waals surface area contributed by atoms with Crippen molar-refractivity contribution in [2.75, 3.05) is 4.72 Å². The molecule has 0 amide bonds. The van der Waals surface area contributed by atoms with Gasteiger partial charge in [0, 0.05) is 0 Å². The Morgan fingerprint density at radius 2 is 2.10 bits per heavy atom. The van der Waals surface area contributed by atoms with Gasteiger partial charge in [0.1, 0.15) is 4.21 Å². The molecule has 0 aliphatic rings. The average Bonchev–Trinajstić information content (AvgIpc) is 3.02. The first-order valence-electron chi connectivity index (χ1n) is 5.59. The Kier molecular flexibility index (Phi) is 3.45. The molecule has 2 aromatic heterocycles. The van der Waals surface area contributed by atoms with E-state index in [1.165, 1.54) is 11.3 Å². The Bertz CT molecular complexity index is 831. The summed E-state index contributed by atoms with van der Waals surface area (Å²) in [7, 11) is -3.57. The van der Waals surface area contributed by atoms with E-state index < -0.39 is 10.0 Å². The molecule has 8 heteroatoms. The van der Waals surface area contributed by atoms with E-state index in [0.717, 1.165) is 27.1 Å². The molecule has 0 spiro atoms. The lowest BCUT2D eigenvalue weighted by Crippen LogP contribution is -2.10. The molecule has 0 radical (unpaired) electrons. The number of hydrogen-bond donors (Lipinski definition) is 1. The van der Waals surface area contributed by atoms with Crippen LogP contribution in [-0.4, -0.2) is 13.4 Å². The Labute approximate surface area is 129 Å². The molecule has 2 heterocycles. The van der Waals surface area contributed by atoms with Gasteiger partial charge in [0.25, 0.3) is 10.0 Å². The third-order valence-electron chi connectivity index (χ3n) is 2.68. The topological polar surface area (TPSA) is 59.1 Å². The first-order chi connectivity index (χ1) is 9.47. The van der Waals surface area contributed by atoms with E-state index in [1.807, 2.05) is 13.0 Å². The van der Waals surface area contributed by atoms with Crippen molar-refractivity contribution in [1.82, 2.24) is 4.98 Å². The lowest BCUT2D eigenvalue weighted by Gasteiger charge is -2.01. The van der Waals surface area contributed by atoms with Crippen LogP contribution in [0.5, 0.6) is 0 Å². The first kappa shape index (κ1) is 13.8. The van der Waals surface area contributed by atoms with Gasteiger partial charge in [0.15, 0.2) is 5.13 Å². The van der Waals surface area contributed by atoms with Gasteiger partial charge in [-0.15, -0.1) is 11.3 Å². The van der Waals surface area contributed by atoms with E-state index in [1.54, 1.807) is 23.6 Å². The zero-order valence-electron chi connectivity index (χ0n) is 10.3. The predicted molar refractivity (Wildman–Crippen MR) is 84.5 cm³/mol. The molecule has 104 valence electrons. The standard InChI is InChI=1S/C12H9ClN2O2S3/c1-7-4-5-8(13)11-10(7)14-12(19-11)15-20(16,17)9-3-2-6-18-9/h2-6H,1H3,(H,14,15). The van der Waals surface area contributed by atoms with Gasteiger partial charge in [-0.25, -0.2) is 13.4 Å². The summed E-state index contributed by atoms with van der Waals surface area (Å²) in [6, 6.07) is 6.90. The van der Waals surface area contributed by atoms with Crippen molar-refractivity contribution in [2.45, 2.75) is 11.1 Å². The summed E-state index contributed by atoms with van der Waals surface area (Å²) in [4.78, 5) is 4.32. The molecule has 3 rings (SSSR count). The van der Waals surface area contributed by atoms with Crippen molar-refractivity contribution in [2.24, 2.45) is 0 Å². The number of fused-ring (bicyclic) bond motifs is 1. The number of anilines is 1. The average molecular weight is 345 g/mol. The van der Waals surface area contributed by atoms with E-state index in [9.17, 15) is 8.42 Å². The molecule has 1 N–H and O–H groups in total. The Hall–Kier alpha value is -1.15. The molecule has 0 unspecified atom stereocenters. The number of aromatic nitrogens is 1. The maximum atomic E-state index is 12.1. The maximum Gasteiger partial charge on any atom is 0.273 e. The summed E-state index contributed by atoms with van der Waals surface area (Å²) < 4.78 is 27.8. The van der Waals surface area contributed by atoms with Crippen molar-refractivity contribution < 1.29 is 8.42 Å². The predicted octanol–water partition coefficient (Wildman–Crippen LogP) is 4.12. The number of benzene rings is 1. The van der Waals surface area contributed by atoms with Gasteiger partial charge >= 0.3 is 0 Å². The highest BCUT2D eigenvalue weighted by Gasteiger charge is 2.18. The fourth-order valence-corrected chi connectivity index (χ4v) is 5.17. The second-order valence-electron chi connectivity index (χ2n) is 4.10. The van der Waals surface area contributed by atoms with Crippen LogP contribution in [0.2, 0.25) is 5.02 Å². The third-order valence-corrected chi connectivity index (χ3v) is 6.98. The van der Waals surface area contributed by atoms with Gasteiger partial charge in [-0.3, -0.25) is 4.72 Å². The Balaban J connectivity index is 2.04. The highest BCUT2D eigenvalue weighted by Crippen LogP contribution is 2.34. The van der Waals surface area contributed by atoms with E-state index in [2.05, 4.69) is 9.71 Å². The number of thiazole rings is 1. The molecule has 0 aliphatic carbocycles. The summed E-state index contributed by atoms with van der Waals surface area (Å²) in [5.41, 5.74) is 1.69. The minimum Gasteiger partial charge on any atom is -0.254 e. The van der Waals surface area contributed by atoms with Gasteiger partial charge in [0.05, 0.1) is 15.2 Å². The second kappa shape index (κ2) is 5.00. The highest BCUT2D eigenvalue weighted by atomic mass is 35.5. The monoisotopic (exact) mass is 344 g/mol. The molecule has 0 bridgehead atoms. The van der Waals surface area contributed by atoms with Gasteiger partial charge in [-0.1, -0.05) is 35.1 Å². The molecule has 0 saturated heterocycles. The van der Waals surface area contributed by atoms with Crippen LogP contribution in [0.4, 0.5) is 5.13 Å². The number of halogens is 1. The fraction of sp³-hybridized carbons (Fsp3) is 0.0833. The molecule has 3 aromatic rings. The summed E-state index contributed by atoms with van der Waals surface area (Å²) in [6.45, 7) is 1.91. The second-order valence-corrected chi connectivity index (χ2v) is 8.36. The summed E-state index contributed by atoms with van der Waals surface area (Å²) >= 11 is 8.50. The SMILES string of the molecule is Cc1ccc(Cl)c2sc(NS(=O)(=O)c3cccs3)nc12. The van der Waals surface area contributed by atoms with E-state index in [4.69, 9.17) is 11.6 Å². The normalized spacial score (nSPS) is 11.9. The van der Waals surface area contributed by atoms with Crippen LogP contribution in [-0.2, 0) is 10.0 Å². The maximum absolute atomic E-state index is 12.1. The quantitative estimate of drug-likeness (QED) is 0.777. The lowest BCUT2D eigenvalue weighted by molar-refractivity contribution is 0.603. The molecule has 0 aliphatic heterocycles. The van der Waals surface area contributed by atoms with Crippen LogP contribution in [0.3, 0.4) is 0 Å². The molecular weight excluding hydrogens is 336 g/mol. The van der Waals surface area contributed by atoms with Gasteiger partial charge in [-0.05, 0) is 30.0 Å². The van der Waals surface area contributed by atoms with Crippen LogP contribution in [0.25, 0.3) is 10.2 Å². The lowest BCUT2D eigenvalue weighted by atomic mass is 10.2. The Morgan fingerprint density at radius 1 is 1.30 bits per heavy atom. The van der Waals surface area contributed by atoms with E-state index in [-0.39, 0.29) is 4.21 Å². The van der Waals surface area contributed by atoms with Crippen molar-refractivity contribution >= 4 is 59.6 Å². The molecule has 0 saturated carbocycles. The van der Waals surface area contributed by atoms with Crippen LogP contribution >= 0.6 is 34.3 Å². The summed E-state index contributed by atoms with van der Waals surface area (Å²) in [5, 5.41) is 2.61. The third kappa shape index (κ3) is 2.42. The summed E-state index contributed by atoms with van der Waals surface area (Å²) in [5.74, 6) is 0. The van der Waals surface area contributed by atoms with Crippen molar-refractivity contribution in [3.63, 3.8) is 0 Å². The number of nitrogens with one attached hydrogen (secondary N) is 1. The van der Waals surface area contributed by atoms with Gasteiger partial charge < -0.3 is 0 Å². The van der Waals surface area contributed by atoms with Gasteiger partial charge in [0.2, 0.25) is 0 Å². The first-order valence-corrected chi connectivity index (χ1v) is 9.15. The number of hydrogen-bond acceptors (Lipinski definition) is 5. The molecule has 0 fully saturated rings. The highest BCUT2D eigenvalue weighted by molar-refractivity contribution is 7.94. The minimum atomic E-state index is -3.57. The molecule has 0 atom stereocenters. The van der Waals surface area contributed by atoms with E-state index in [0.29, 0.717) is 10.2 Å². The van der Waals surface area contributed by atoms with Crippen LogP contribution < -0.4 is 4.72 Å². The van der Waals surface area contributed by atoms with Crippen LogP contribution in [0.1, 0.15) is 5.56 Å². The van der Waals surface area contributed by atoms with Crippen LogP contribution in [0.15, 0.2) is 33.9 Å². The Morgan fingerprint density at radius 3 is 2.75 bits per heavy atom. The van der Waals surface area contributed by atoms with Crippen LogP contribution in [0, 0.1) is 6.92 Å². The van der Waals surface area contributed by atoms with E-state index >= 15 is 0 Å². The van der Waals surface area contributed by atoms with Gasteiger partial charge in [-0.2, -0.15) is 0 Å². The molecule has 4 nitrogen and oxygen atoms in total. The molecule has 20 heavy (non-hydrogen) atoms. The minimum absolute atomic E-state index is 0.263. The summed E-state index contributed by atoms with van der Waals surface area (Å²) in [6.07, 6.45) is 0. The largest absolute Gasteiger partial charge is 0.273 e. The number of nitrogens with zero attached hydrogens (tertiary/aromatic N) is 1. The van der Waals surface area contributed by atoms with Crippen molar-refractivity contribution in [1.29, 1.82) is 0 Å². The molecule has 1 aromatic carbocycles. The number of sulfonamides is 1. The zero-order valence-corrected chi connectivity index (χ0v) is 13.5. The van der Waals surface area contributed by atoms with Crippen molar-refractivity contribution in [3.8, 4) is 0 Å². The number of aryl methyl sites for hydroxylation is 1. The smallest absolute Gasteiger partial charge is 0.254 e.